The van der Waals surface area contributed by atoms with Crippen molar-refractivity contribution in [3.05, 3.63) is 26.6 Å². The van der Waals surface area contributed by atoms with Gasteiger partial charge < -0.3 is 5.32 Å². The summed E-state index contributed by atoms with van der Waals surface area (Å²) in [6.07, 6.45) is 0. The summed E-state index contributed by atoms with van der Waals surface area (Å²) in [4.78, 5) is 12.1. The Labute approximate surface area is 158 Å². The second kappa shape index (κ2) is 8.68. The Morgan fingerprint density at radius 3 is 2.41 bits per heavy atom. The van der Waals surface area contributed by atoms with Crippen LogP contribution in [0.15, 0.2) is 29.8 Å². The topological polar surface area (TPSA) is 54.9 Å². The summed E-state index contributed by atoms with van der Waals surface area (Å²) in [6, 6.07) is 3.93. The first-order valence-corrected chi connectivity index (χ1v) is 10.7. The maximum atomic E-state index is 12.1. The number of thioether (sulfide) groups is 2. The van der Waals surface area contributed by atoms with Gasteiger partial charge >= 0.3 is 0 Å². The largest absolute Gasteiger partial charge is 0.323 e. The lowest BCUT2D eigenvalue weighted by Gasteiger charge is -2.10. The number of nitrogens with zero attached hydrogens (tertiary/aromatic N) is 2. The summed E-state index contributed by atoms with van der Waals surface area (Å²) in [5, 5.41) is 11.0. The molecule has 0 aliphatic rings. The molecule has 0 aliphatic heterocycles. The Bertz CT molecular complexity index is 655. The van der Waals surface area contributed by atoms with Crippen molar-refractivity contribution in [1.82, 2.24) is 10.2 Å². The Balaban J connectivity index is 1.93. The van der Waals surface area contributed by atoms with E-state index in [9.17, 15) is 4.79 Å². The molecule has 0 spiro atoms. The number of benzene rings is 1. The minimum atomic E-state index is -0.0739. The third-order valence-corrected chi connectivity index (χ3v) is 6.76. The third kappa shape index (κ3) is 5.23. The van der Waals surface area contributed by atoms with Crippen molar-refractivity contribution in [2.75, 3.05) is 16.8 Å². The molecule has 1 N–H and O–H groups in total. The van der Waals surface area contributed by atoms with Gasteiger partial charge in [-0.25, -0.2) is 0 Å². The van der Waals surface area contributed by atoms with Crippen LogP contribution in [0.2, 0.25) is 0 Å². The molecule has 0 bridgehead atoms. The van der Waals surface area contributed by atoms with E-state index in [1.807, 2.05) is 19.1 Å². The molecule has 0 saturated heterocycles. The van der Waals surface area contributed by atoms with Gasteiger partial charge in [0.05, 0.1) is 11.4 Å². The smallest absolute Gasteiger partial charge is 0.234 e. The number of aromatic nitrogens is 2. The zero-order valence-electron chi connectivity index (χ0n) is 11.9. The molecule has 0 aliphatic carbocycles. The van der Waals surface area contributed by atoms with Crippen LogP contribution in [0.4, 0.5) is 5.69 Å². The number of rotatable bonds is 6. The first kappa shape index (κ1) is 18.3. The van der Waals surface area contributed by atoms with Crippen molar-refractivity contribution in [3.8, 4) is 0 Å². The fourth-order valence-corrected chi connectivity index (χ4v) is 5.89. The molecule has 22 heavy (non-hydrogen) atoms. The van der Waals surface area contributed by atoms with E-state index in [0.717, 1.165) is 34.6 Å². The van der Waals surface area contributed by atoms with Crippen molar-refractivity contribution < 1.29 is 4.79 Å². The summed E-state index contributed by atoms with van der Waals surface area (Å²) in [5.41, 5.74) is 1.86. The van der Waals surface area contributed by atoms with E-state index in [0.29, 0.717) is 5.75 Å². The molecule has 2 rings (SSSR count). The van der Waals surface area contributed by atoms with Crippen molar-refractivity contribution in [2.24, 2.45) is 0 Å². The van der Waals surface area contributed by atoms with Crippen LogP contribution in [0.25, 0.3) is 0 Å². The Morgan fingerprint density at radius 2 is 1.82 bits per heavy atom. The zero-order valence-corrected chi connectivity index (χ0v) is 17.5. The quantitative estimate of drug-likeness (QED) is 0.572. The predicted octanol–water partition coefficient (Wildman–Crippen LogP) is 5.21. The monoisotopic (exact) mass is 481 g/mol. The first-order chi connectivity index (χ1) is 10.5. The molecule has 1 heterocycles. The molecule has 4 nitrogen and oxygen atoms in total. The van der Waals surface area contributed by atoms with Gasteiger partial charge in [0.1, 0.15) is 0 Å². The number of halogens is 2. The number of hydrogen-bond acceptors (Lipinski definition) is 6. The molecular weight excluding hydrogens is 470 g/mol. The highest BCUT2D eigenvalue weighted by Crippen LogP contribution is 2.33. The number of carbonyl (C=O) groups is 1. The van der Waals surface area contributed by atoms with Gasteiger partial charge in [-0.2, -0.15) is 0 Å². The standard InChI is InChI=1S/C13H13Br2N3OS3/c1-3-20-12-17-18-13(22-12)21-6-10(19)16-11-8(14)4-7(2)5-9(11)15/h4-5H,3,6H2,1-2H3,(H,16,19). The van der Waals surface area contributed by atoms with E-state index < -0.39 is 0 Å². The molecule has 0 fully saturated rings. The number of hydrogen-bond donors (Lipinski definition) is 1. The summed E-state index contributed by atoms with van der Waals surface area (Å²) in [5.74, 6) is 1.20. The van der Waals surface area contributed by atoms with Crippen LogP contribution in [0.1, 0.15) is 12.5 Å². The average molecular weight is 483 g/mol. The van der Waals surface area contributed by atoms with Gasteiger partial charge in [0.2, 0.25) is 5.91 Å². The number of aryl methyl sites for hydroxylation is 1. The van der Waals surface area contributed by atoms with E-state index in [1.54, 1.807) is 11.8 Å². The highest BCUT2D eigenvalue weighted by Gasteiger charge is 2.12. The first-order valence-electron chi connectivity index (χ1n) is 6.34. The van der Waals surface area contributed by atoms with Crippen LogP contribution in [0.3, 0.4) is 0 Å². The molecular formula is C13H13Br2N3OS3. The summed E-state index contributed by atoms with van der Waals surface area (Å²) in [7, 11) is 0. The number of carbonyl (C=O) groups excluding carboxylic acids is 1. The second-order valence-electron chi connectivity index (χ2n) is 4.21. The Kier molecular flexibility index (Phi) is 7.20. The van der Waals surface area contributed by atoms with Gasteiger partial charge in [0, 0.05) is 8.95 Å². The Hall–Kier alpha value is -0.0900. The second-order valence-corrected chi connectivity index (χ2v) is 9.63. The molecule has 1 amide bonds. The van der Waals surface area contributed by atoms with Gasteiger partial charge in [-0.05, 0) is 62.2 Å². The van der Waals surface area contributed by atoms with Crippen LogP contribution >= 0.6 is 66.7 Å². The fourth-order valence-electron chi connectivity index (χ4n) is 1.56. The van der Waals surface area contributed by atoms with Gasteiger partial charge in [0.15, 0.2) is 8.68 Å². The number of amides is 1. The average Bonchev–Trinajstić information content (AvgIpc) is 2.89. The maximum Gasteiger partial charge on any atom is 0.234 e. The van der Waals surface area contributed by atoms with Gasteiger partial charge in [-0.3, -0.25) is 4.79 Å². The lowest BCUT2D eigenvalue weighted by molar-refractivity contribution is -0.113. The van der Waals surface area contributed by atoms with E-state index in [4.69, 9.17) is 0 Å². The van der Waals surface area contributed by atoms with E-state index >= 15 is 0 Å². The molecule has 9 heteroatoms. The van der Waals surface area contributed by atoms with Crippen LogP contribution in [0, 0.1) is 6.92 Å². The zero-order chi connectivity index (χ0) is 16.1. The normalized spacial score (nSPS) is 10.7. The lowest BCUT2D eigenvalue weighted by atomic mass is 10.2. The van der Waals surface area contributed by atoms with E-state index in [1.165, 1.54) is 23.1 Å². The highest BCUT2D eigenvalue weighted by atomic mass is 79.9. The third-order valence-electron chi connectivity index (χ3n) is 2.43. The number of nitrogens with one attached hydrogen (secondary N) is 1. The van der Waals surface area contributed by atoms with Crippen molar-refractivity contribution in [3.63, 3.8) is 0 Å². The van der Waals surface area contributed by atoms with Crippen LogP contribution in [-0.2, 0) is 4.79 Å². The molecule has 1 aromatic heterocycles. The Morgan fingerprint density at radius 1 is 1.23 bits per heavy atom. The molecule has 2 aromatic rings. The molecule has 0 unspecified atom stereocenters. The summed E-state index contributed by atoms with van der Waals surface area (Å²) in [6.45, 7) is 4.07. The van der Waals surface area contributed by atoms with E-state index in [-0.39, 0.29) is 5.91 Å². The molecule has 118 valence electrons. The highest BCUT2D eigenvalue weighted by molar-refractivity contribution is 9.11. The minimum absolute atomic E-state index is 0.0739. The fraction of sp³-hybridized carbons (Fsp3) is 0.308. The van der Waals surface area contributed by atoms with Gasteiger partial charge in [-0.15, -0.1) is 10.2 Å². The van der Waals surface area contributed by atoms with Crippen LogP contribution in [0.5, 0.6) is 0 Å². The number of anilines is 1. The molecule has 0 atom stereocenters. The van der Waals surface area contributed by atoms with Crippen LogP contribution < -0.4 is 5.32 Å². The minimum Gasteiger partial charge on any atom is -0.323 e. The predicted molar refractivity (Wildman–Crippen MR) is 102 cm³/mol. The SMILES string of the molecule is CCSc1nnc(SCC(=O)Nc2c(Br)cc(C)cc2Br)s1. The summed E-state index contributed by atoms with van der Waals surface area (Å²) >= 11 is 11.5. The van der Waals surface area contributed by atoms with Gasteiger partial charge in [-0.1, -0.05) is 41.8 Å². The van der Waals surface area contributed by atoms with Crippen molar-refractivity contribution in [2.45, 2.75) is 22.5 Å². The lowest BCUT2D eigenvalue weighted by Crippen LogP contribution is -2.14. The van der Waals surface area contributed by atoms with Crippen molar-refractivity contribution in [1.29, 1.82) is 0 Å². The van der Waals surface area contributed by atoms with Crippen LogP contribution in [-0.4, -0.2) is 27.6 Å². The molecule has 0 saturated carbocycles. The van der Waals surface area contributed by atoms with Gasteiger partial charge in [0.25, 0.3) is 0 Å². The van der Waals surface area contributed by atoms with Crippen molar-refractivity contribution >= 4 is 78.3 Å². The summed E-state index contributed by atoms with van der Waals surface area (Å²) < 4.78 is 3.47. The maximum absolute atomic E-state index is 12.1. The van der Waals surface area contributed by atoms with E-state index in [2.05, 4.69) is 54.3 Å². The molecule has 0 radical (unpaired) electrons. The molecule has 1 aromatic carbocycles.